The summed E-state index contributed by atoms with van der Waals surface area (Å²) in [6, 6.07) is 8.54. The highest BCUT2D eigenvalue weighted by Crippen LogP contribution is 2.35. The van der Waals surface area contributed by atoms with E-state index >= 15 is 0 Å². The molecular formula is C17H15ClN2O7. The largest absolute Gasteiger partial charge is 0.491 e. The maximum atomic E-state index is 12.1. The highest BCUT2D eigenvalue weighted by atomic mass is 35.5. The van der Waals surface area contributed by atoms with Gasteiger partial charge in [0.2, 0.25) is 6.79 Å². The van der Waals surface area contributed by atoms with E-state index in [0.29, 0.717) is 17.2 Å². The van der Waals surface area contributed by atoms with Gasteiger partial charge >= 0.3 is 0 Å². The molecule has 1 atom stereocenters. The van der Waals surface area contributed by atoms with Crippen LogP contribution in [0.15, 0.2) is 36.4 Å². The number of amides is 1. The number of halogens is 1. The number of hydrogen-bond donors (Lipinski definition) is 2. The molecule has 10 heteroatoms. The van der Waals surface area contributed by atoms with E-state index in [-0.39, 0.29) is 36.2 Å². The van der Waals surface area contributed by atoms with Crippen molar-refractivity contribution in [2.45, 2.75) is 6.10 Å². The van der Waals surface area contributed by atoms with Crippen molar-refractivity contribution in [3.63, 3.8) is 0 Å². The Bertz CT molecular complexity index is 874. The Hall–Kier alpha value is -3.04. The summed E-state index contributed by atoms with van der Waals surface area (Å²) in [6.07, 6.45) is -0.976. The normalized spacial score (nSPS) is 13.1. The summed E-state index contributed by atoms with van der Waals surface area (Å²) in [5.41, 5.74) is -0.139. The molecule has 2 aromatic carbocycles. The predicted molar refractivity (Wildman–Crippen MR) is 94.5 cm³/mol. The van der Waals surface area contributed by atoms with Crippen LogP contribution >= 0.6 is 11.6 Å². The van der Waals surface area contributed by atoms with E-state index in [1.807, 2.05) is 0 Å². The second-order valence-electron chi connectivity index (χ2n) is 5.61. The van der Waals surface area contributed by atoms with Crippen LogP contribution in [0.5, 0.6) is 17.2 Å². The average molecular weight is 395 g/mol. The number of nitro benzene ring substituents is 1. The second-order valence-corrected chi connectivity index (χ2v) is 6.02. The van der Waals surface area contributed by atoms with Gasteiger partial charge in [0.15, 0.2) is 11.5 Å². The monoisotopic (exact) mass is 394 g/mol. The number of aliphatic hydroxyl groups is 1. The Morgan fingerprint density at radius 1 is 1.30 bits per heavy atom. The molecule has 0 radical (unpaired) electrons. The van der Waals surface area contributed by atoms with Gasteiger partial charge in [0.25, 0.3) is 11.6 Å². The molecule has 1 aliphatic rings. The summed E-state index contributed by atoms with van der Waals surface area (Å²) in [5, 5.41) is 23.1. The lowest BCUT2D eigenvalue weighted by molar-refractivity contribution is -0.384. The molecule has 2 N–H and O–H groups in total. The zero-order valence-corrected chi connectivity index (χ0v) is 14.6. The van der Waals surface area contributed by atoms with Gasteiger partial charge in [-0.05, 0) is 18.2 Å². The first-order chi connectivity index (χ1) is 12.9. The van der Waals surface area contributed by atoms with Gasteiger partial charge in [0.05, 0.1) is 15.5 Å². The Kier molecular flexibility index (Phi) is 5.63. The first-order valence-corrected chi connectivity index (χ1v) is 8.24. The number of aliphatic hydroxyl groups excluding tert-OH is 1. The van der Waals surface area contributed by atoms with E-state index in [2.05, 4.69) is 5.32 Å². The molecule has 1 heterocycles. The van der Waals surface area contributed by atoms with Gasteiger partial charge in [-0.2, -0.15) is 0 Å². The zero-order chi connectivity index (χ0) is 19.4. The van der Waals surface area contributed by atoms with Crippen LogP contribution in [0.25, 0.3) is 0 Å². The van der Waals surface area contributed by atoms with Crippen molar-refractivity contribution in [2.75, 3.05) is 19.9 Å². The van der Waals surface area contributed by atoms with Crippen LogP contribution in [-0.4, -0.2) is 42.0 Å². The minimum atomic E-state index is -0.976. The number of carbonyl (C=O) groups excluding carboxylic acids is 1. The first-order valence-electron chi connectivity index (χ1n) is 7.86. The third-order valence-electron chi connectivity index (χ3n) is 3.69. The molecule has 9 nitrogen and oxygen atoms in total. The van der Waals surface area contributed by atoms with Crippen LogP contribution in [-0.2, 0) is 0 Å². The molecule has 0 fully saturated rings. The van der Waals surface area contributed by atoms with Crippen LogP contribution < -0.4 is 19.5 Å². The molecule has 0 aromatic heterocycles. The molecule has 0 saturated carbocycles. The standard InChI is InChI=1S/C17H15ClN2O7/c18-14-5-10(20(23)24)1-3-13(14)17(22)19-7-11(21)8-25-12-2-4-15-16(6-12)27-9-26-15/h1-6,11,21H,7-9H2,(H,19,22). The number of benzene rings is 2. The number of fused-ring (bicyclic) bond motifs is 1. The Morgan fingerprint density at radius 3 is 2.81 bits per heavy atom. The smallest absolute Gasteiger partial charge is 0.270 e. The van der Waals surface area contributed by atoms with Crippen LogP contribution in [0.3, 0.4) is 0 Å². The molecule has 3 rings (SSSR count). The number of nitrogens with one attached hydrogen (secondary N) is 1. The van der Waals surface area contributed by atoms with Crippen molar-refractivity contribution in [1.29, 1.82) is 0 Å². The van der Waals surface area contributed by atoms with E-state index in [1.165, 1.54) is 12.1 Å². The van der Waals surface area contributed by atoms with E-state index < -0.39 is 16.9 Å². The third kappa shape index (κ3) is 4.57. The van der Waals surface area contributed by atoms with E-state index in [4.69, 9.17) is 25.8 Å². The Balaban J connectivity index is 1.49. The number of hydrogen-bond acceptors (Lipinski definition) is 7. The lowest BCUT2D eigenvalue weighted by Gasteiger charge is -2.14. The lowest BCUT2D eigenvalue weighted by Crippen LogP contribution is -2.35. The van der Waals surface area contributed by atoms with Crippen LogP contribution in [0.2, 0.25) is 5.02 Å². The van der Waals surface area contributed by atoms with Crippen molar-refractivity contribution in [1.82, 2.24) is 5.32 Å². The number of carbonyl (C=O) groups is 1. The maximum Gasteiger partial charge on any atom is 0.270 e. The maximum absolute atomic E-state index is 12.1. The van der Waals surface area contributed by atoms with Crippen LogP contribution in [0.1, 0.15) is 10.4 Å². The van der Waals surface area contributed by atoms with Crippen molar-refractivity contribution < 1.29 is 29.0 Å². The van der Waals surface area contributed by atoms with Crippen molar-refractivity contribution in [3.05, 3.63) is 57.1 Å². The first kappa shape index (κ1) is 18.7. The van der Waals surface area contributed by atoms with Crippen LogP contribution in [0, 0.1) is 10.1 Å². The molecule has 0 saturated heterocycles. The lowest BCUT2D eigenvalue weighted by atomic mass is 10.2. The molecule has 0 bridgehead atoms. The quantitative estimate of drug-likeness (QED) is 0.545. The number of nitrogens with zero attached hydrogens (tertiary/aromatic N) is 1. The highest BCUT2D eigenvalue weighted by molar-refractivity contribution is 6.34. The number of ether oxygens (including phenoxy) is 3. The zero-order valence-electron chi connectivity index (χ0n) is 13.9. The molecule has 27 heavy (non-hydrogen) atoms. The summed E-state index contributed by atoms with van der Waals surface area (Å²) in [5.74, 6) is 1.11. The third-order valence-corrected chi connectivity index (χ3v) is 4.01. The molecule has 0 spiro atoms. The molecule has 1 amide bonds. The predicted octanol–water partition coefficient (Wildman–Crippen LogP) is 2.15. The van der Waals surface area contributed by atoms with Gasteiger partial charge in [-0.1, -0.05) is 11.6 Å². The van der Waals surface area contributed by atoms with Gasteiger partial charge in [-0.15, -0.1) is 0 Å². The summed E-state index contributed by atoms with van der Waals surface area (Å²) in [6.45, 7) is 0.00324. The van der Waals surface area contributed by atoms with Crippen molar-refractivity contribution in [3.8, 4) is 17.2 Å². The Morgan fingerprint density at radius 2 is 2.07 bits per heavy atom. The molecular weight excluding hydrogens is 380 g/mol. The van der Waals surface area contributed by atoms with E-state index in [9.17, 15) is 20.0 Å². The van der Waals surface area contributed by atoms with Crippen LogP contribution in [0.4, 0.5) is 5.69 Å². The van der Waals surface area contributed by atoms with E-state index in [1.54, 1.807) is 18.2 Å². The van der Waals surface area contributed by atoms with Gasteiger partial charge in [-0.3, -0.25) is 14.9 Å². The fraction of sp³-hybridized carbons (Fsp3) is 0.235. The highest BCUT2D eigenvalue weighted by Gasteiger charge is 2.17. The molecule has 2 aromatic rings. The van der Waals surface area contributed by atoms with Gasteiger partial charge in [0, 0.05) is 24.7 Å². The summed E-state index contributed by atoms with van der Waals surface area (Å²) in [7, 11) is 0. The topological polar surface area (TPSA) is 120 Å². The van der Waals surface area contributed by atoms with Crippen molar-refractivity contribution in [2.24, 2.45) is 0 Å². The van der Waals surface area contributed by atoms with E-state index in [0.717, 1.165) is 6.07 Å². The van der Waals surface area contributed by atoms with Gasteiger partial charge < -0.3 is 24.6 Å². The molecule has 1 aliphatic heterocycles. The van der Waals surface area contributed by atoms with Gasteiger partial charge in [-0.25, -0.2) is 0 Å². The molecule has 0 aliphatic carbocycles. The number of nitro groups is 1. The van der Waals surface area contributed by atoms with Gasteiger partial charge in [0.1, 0.15) is 18.5 Å². The summed E-state index contributed by atoms with van der Waals surface area (Å²) >= 11 is 5.90. The SMILES string of the molecule is O=C(NCC(O)COc1ccc2c(c1)OCO2)c1ccc([N+](=O)[O-])cc1Cl. The number of non-ortho nitro benzene ring substituents is 1. The fourth-order valence-electron chi connectivity index (χ4n) is 2.33. The fourth-order valence-corrected chi connectivity index (χ4v) is 2.59. The summed E-state index contributed by atoms with van der Waals surface area (Å²) in [4.78, 5) is 22.2. The average Bonchev–Trinajstić information content (AvgIpc) is 3.12. The minimum absolute atomic E-state index is 0.0483. The second kappa shape index (κ2) is 8.11. The van der Waals surface area contributed by atoms with Crippen molar-refractivity contribution >= 4 is 23.2 Å². The Labute approximate surface area is 158 Å². The molecule has 142 valence electrons. The number of rotatable bonds is 7. The summed E-state index contributed by atoms with van der Waals surface area (Å²) < 4.78 is 15.9. The molecule has 1 unspecified atom stereocenters. The minimum Gasteiger partial charge on any atom is -0.491 e.